The van der Waals surface area contributed by atoms with E-state index in [1.54, 1.807) is 0 Å². The quantitative estimate of drug-likeness (QED) is 0.291. The van der Waals surface area contributed by atoms with Gasteiger partial charge in [0.05, 0.1) is 5.69 Å². The number of aromatic nitrogens is 1. The van der Waals surface area contributed by atoms with Crippen LogP contribution < -0.4 is 10.2 Å². The molecule has 2 aliphatic heterocycles. The molecule has 210 valence electrons. The summed E-state index contributed by atoms with van der Waals surface area (Å²) in [6.07, 6.45) is 2.95. The Morgan fingerprint density at radius 3 is 2.46 bits per heavy atom. The highest BCUT2D eigenvalue weighted by molar-refractivity contribution is 6.30. The Labute approximate surface area is 247 Å². The molecule has 1 aromatic heterocycles. The highest BCUT2D eigenvalue weighted by Gasteiger charge is 2.23. The van der Waals surface area contributed by atoms with Gasteiger partial charge in [0.1, 0.15) is 5.82 Å². The maximum Gasteiger partial charge on any atom is 0.253 e. The molecule has 1 saturated heterocycles. The Bertz CT molecular complexity index is 1500. The van der Waals surface area contributed by atoms with Crippen molar-refractivity contribution >= 4 is 29.0 Å². The first-order valence-electron chi connectivity index (χ1n) is 14.4. The molecule has 0 spiro atoms. The van der Waals surface area contributed by atoms with Crippen LogP contribution in [-0.2, 0) is 13.0 Å². The lowest BCUT2D eigenvalue weighted by molar-refractivity contribution is 0.0638. The van der Waals surface area contributed by atoms with E-state index in [0.29, 0.717) is 0 Å². The summed E-state index contributed by atoms with van der Waals surface area (Å²) in [6, 6.07) is 26.8. The minimum absolute atomic E-state index is 0.107. The van der Waals surface area contributed by atoms with Gasteiger partial charge < -0.3 is 15.1 Å². The molecule has 7 heteroatoms. The molecule has 6 rings (SSSR count). The van der Waals surface area contributed by atoms with Gasteiger partial charge in [-0.2, -0.15) is 0 Å². The highest BCUT2D eigenvalue weighted by atomic mass is 35.5. The predicted octanol–water partition coefficient (Wildman–Crippen LogP) is 6.14. The van der Waals surface area contributed by atoms with E-state index in [9.17, 15) is 4.79 Å². The number of nitrogens with zero attached hydrogens (tertiary/aromatic N) is 4. The molecule has 0 atom stereocenters. The first-order chi connectivity index (χ1) is 20.0. The Morgan fingerprint density at radius 2 is 1.68 bits per heavy atom. The summed E-state index contributed by atoms with van der Waals surface area (Å²) >= 11 is 6.29. The zero-order chi connectivity index (χ0) is 28.2. The monoisotopic (exact) mass is 565 g/mol. The van der Waals surface area contributed by atoms with Crippen molar-refractivity contribution < 1.29 is 4.79 Å². The molecule has 3 heterocycles. The first kappa shape index (κ1) is 27.3. The fourth-order valence-corrected chi connectivity index (χ4v) is 5.89. The molecule has 0 radical (unpaired) electrons. The molecule has 6 nitrogen and oxygen atoms in total. The molecule has 0 bridgehead atoms. The van der Waals surface area contributed by atoms with Crippen LogP contribution in [0.25, 0.3) is 11.1 Å². The number of aryl methyl sites for hydroxylation is 1. The van der Waals surface area contributed by atoms with Crippen molar-refractivity contribution in [3.05, 3.63) is 112 Å². The second-order valence-corrected chi connectivity index (χ2v) is 11.4. The zero-order valence-corrected chi connectivity index (χ0v) is 24.3. The molecule has 0 unspecified atom stereocenters. The van der Waals surface area contributed by atoms with Gasteiger partial charge in [0.15, 0.2) is 0 Å². The zero-order valence-electron chi connectivity index (χ0n) is 23.5. The maximum atomic E-state index is 13.3. The van der Waals surface area contributed by atoms with Crippen molar-refractivity contribution in [3.8, 4) is 11.1 Å². The van der Waals surface area contributed by atoms with Gasteiger partial charge in [0.2, 0.25) is 0 Å². The van der Waals surface area contributed by atoms with E-state index in [1.165, 1.54) is 16.7 Å². The summed E-state index contributed by atoms with van der Waals surface area (Å²) in [5, 5.41) is 4.19. The van der Waals surface area contributed by atoms with Crippen LogP contribution in [0.4, 0.5) is 11.5 Å². The van der Waals surface area contributed by atoms with Gasteiger partial charge in [-0.3, -0.25) is 9.69 Å². The van der Waals surface area contributed by atoms with Crippen LogP contribution >= 0.6 is 11.6 Å². The second-order valence-electron chi connectivity index (χ2n) is 11.0. The Kier molecular flexibility index (Phi) is 8.21. The minimum atomic E-state index is 0.107. The number of piperazine rings is 1. The Hall–Kier alpha value is -3.87. The Balaban J connectivity index is 1.10. The number of fused-ring (bicyclic) bond motifs is 1. The lowest BCUT2D eigenvalue weighted by Crippen LogP contribution is -2.49. The fourth-order valence-electron chi connectivity index (χ4n) is 5.69. The highest BCUT2D eigenvalue weighted by Crippen LogP contribution is 2.33. The molecule has 0 aliphatic carbocycles. The van der Waals surface area contributed by atoms with Gasteiger partial charge in [-0.15, -0.1) is 0 Å². The largest absolute Gasteiger partial charge is 0.367 e. The smallest absolute Gasteiger partial charge is 0.253 e. The van der Waals surface area contributed by atoms with Gasteiger partial charge in [-0.25, -0.2) is 4.98 Å². The molecule has 4 aromatic rings. The van der Waals surface area contributed by atoms with Gasteiger partial charge in [0, 0.05) is 74.7 Å². The lowest BCUT2D eigenvalue weighted by atomic mass is 10.0. The third-order valence-electron chi connectivity index (χ3n) is 8.24. The molecular weight excluding hydrogens is 530 g/mol. The predicted molar refractivity (Wildman–Crippen MR) is 168 cm³/mol. The second kappa shape index (κ2) is 12.3. The molecule has 1 N–H and O–H groups in total. The van der Waals surface area contributed by atoms with Crippen molar-refractivity contribution in [2.75, 3.05) is 56.0 Å². The van der Waals surface area contributed by atoms with Crippen molar-refractivity contribution in [1.29, 1.82) is 0 Å². The van der Waals surface area contributed by atoms with Crippen molar-refractivity contribution in [1.82, 2.24) is 14.8 Å². The standard InChI is InChI=1S/C34H36ClN5O/c1-25-7-12-31(35)21-30(25)24-40-16-14-36-33-32(40)22-29(23-37-33)27-8-10-28(11-9-27)34(41)39-19-17-38(18-20-39)15-13-26-5-3-2-4-6-26/h2-12,21-23H,13-20,24H2,1H3,(H,36,37). The van der Waals surface area contributed by atoms with E-state index in [1.807, 2.05) is 41.4 Å². The van der Waals surface area contributed by atoms with Crippen LogP contribution in [0.1, 0.15) is 27.0 Å². The van der Waals surface area contributed by atoms with Crippen LogP contribution in [0, 0.1) is 6.92 Å². The number of anilines is 2. The van der Waals surface area contributed by atoms with E-state index in [0.717, 1.165) is 92.0 Å². The van der Waals surface area contributed by atoms with Crippen molar-refractivity contribution in [2.45, 2.75) is 19.9 Å². The number of amides is 1. The maximum absolute atomic E-state index is 13.3. The van der Waals surface area contributed by atoms with Gasteiger partial charge in [-0.05, 0) is 65.9 Å². The number of halogens is 1. The normalized spacial score (nSPS) is 15.4. The lowest BCUT2D eigenvalue weighted by Gasteiger charge is -2.34. The minimum Gasteiger partial charge on any atom is -0.367 e. The van der Waals surface area contributed by atoms with Crippen molar-refractivity contribution in [2.24, 2.45) is 0 Å². The molecule has 41 heavy (non-hydrogen) atoms. The summed E-state index contributed by atoms with van der Waals surface area (Å²) in [5.41, 5.74) is 7.71. The number of hydrogen-bond acceptors (Lipinski definition) is 5. The third-order valence-corrected chi connectivity index (χ3v) is 8.47. The van der Waals surface area contributed by atoms with Crippen LogP contribution in [0.2, 0.25) is 5.02 Å². The summed E-state index contributed by atoms with van der Waals surface area (Å²) < 4.78 is 0. The molecule has 1 amide bonds. The topological polar surface area (TPSA) is 51.7 Å². The summed E-state index contributed by atoms with van der Waals surface area (Å²) in [5.74, 6) is 1.00. The fraction of sp³-hybridized carbons (Fsp3) is 0.294. The van der Waals surface area contributed by atoms with Gasteiger partial charge in [0.25, 0.3) is 5.91 Å². The number of carbonyl (C=O) groups is 1. The number of benzene rings is 3. The van der Waals surface area contributed by atoms with Crippen LogP contribution in [0.5, 0.6) is 0 Å². The Morgan fingerprint density at radius 1 is 0.902 bits per heavy atom. The molecular formula is C34H36ClN5O. The number of nitrogens with one attached hydrogen (secondary N) is 1. The SMILES string of the molecule is Cc1ccc(Cl)cc1CN1CCNc2ncc(-c3ccc(C(=O)N4CCN(CCc5ccccc5)CC4)cc3)cc21. The molecule has 2 aliphatic rings. The van der Waals surface area contributed by atoms with Gasteiger partial charge >= 0.3 is 0 Å². The number of hydrogen-bond donors (Lipinski definition) is 1. The van der Waals surface area contributed by atoms with Crippen LogP contribution in [-0.4, -0.2) is 66.5 Å². The van der Waals surface area contributed by atoms with E-state index in [4.69, 9.17) is 16.6 Å². The van der Waals surface area contributed by atoms with E-state index < -0.39 is 0 Å². The number of pyridine rings is 1. The van der Waals surface area contributed by atoms with E-state index >= 15 is 0 Å². The summed E-state index contributed by atoms with van der Waals surface area (Å²) in [4.78, 5) is 24.8. The summed E-state index contributed by atoms with van der Waals surface area (Å²) in [7, 11) is 0. The molecule has 0 saturated carbocycles. The number of rotatable bonds is 7. The average Bonchev–Trinajstić information content (AvgIpc) is 3.02. The van der Waals surface area contributed by atoms with Crippen molar-refractivity contribution in [3.63, 3.8) is 0 Å². The first-order valence-corrected chi connectivity index (χ1v) is 14.8. The van der Waals surface area contributed by atoms with Gasteiger partial charge in [-0.1, -0.05) is 60.1 Å². The molecule has 1 fully saturated rings. The van der Waals surface area contributed by atoms with E-state index in [2.05, 4.69) is 70.6 Å². The van der Waals surface area contributed by atoms with Crippen LogP contribution in [0.15, 0.2) is 85.1 Å². The average molecular weight is 566 g/mol. The van der Waals surface area contributed by atoms with E-state index in [-0.39, 0.29) is 5.91 Å². The number of carbonyl (C=O) groups excluding carboxylic acids is 1. The van der Waals surface area contributed by atoms with Crippen LogP contribution in [0.3, 0.4) is 0 Å². The third kappa shape index (κ3) is 6.39. The molecule has 3 aromatic carbocycles. The summed E-state index contributed by atoms with van der Waals surface area (Å²) in [6.45, 7) is 9.01.